The van der Waals surface area contributed by atoms with Crippen molar-refractivity contribution in [2.45, 2.75) is 18.9 Å². The number of rotatable bonds is 3. The molecule has 1 atom stereocenters. The van der Waals surface area contributed by atoms with Crippen molar-refractivity contribution in [2.24, 2.45) is 0 Å². The molecule has 2 aromatic heterocycles. The summed E-state index contributed by atoms with van der Waals surface area (Å²) < 4.78 is 12.7. The number of hydrogen-bond acceptors (Lipinski definition) is 3. The third-order valence-corrected chi connectivity index (χ3v) is 3.14. The van der Waals surface area contributed by atoms with Gasteiger partial charge in [0.25, 0.3) is 0 Å². The SMILES string of the molecule is CC(O)(Cc1ccsc1)c1ccc(F)cn1. The molecule has 0 radical (unpaired) electrons. The van der Waals surface area contributed by atoms with Crippen molar-refractivity contribution < 1.29 is 9.50 Å². The highest BCUT2D eigenvalue weighted by Gasteiger charge is 2.25. The molecule has 1 unspecified atom stereocenters. The van der Waals surface area contributed by atoms with Gasteiger partial charge in [-0.1, -0.05) is 0 Å². The molecule has 2 aromatic rings. The Bertz CT molecular complexity index is 450. The minimum atomic E-state index is -1.06. The third-order valence-electron chi connectivity index (χ3n) is 2.41. The lowest BCUT2D eigenvalue weighted by Gasteiger charge is -2.22. The van der Waals surface area contributed by atoms with Crippen LogP contribution in [0.1, 0.15) is 18.2 Å². The van der Waals surface area contributed by atoms with E-state index in [1.54, 1.807) is 18.3 Å². The molecule has 0 saturated carbocycles. The Morgan fingerprint density at radius 3 is 2.81 bits per heavy atom. The van der Waals surface area contributed by atoms with E-state index in [9.17, 15) is 9.50 Å². The first-order valence-corrected chi connectivity index (χ1v) is 5.88. The number of aliphatic hydroxyl groups is 1. The molecule has 0 aliphatic heterocycles. The van der Waals surface area contributed by atoms with Crippen LogP contribution in [0.4, 0.5) is 4.39 Å². The molecule has 0 saturated heterocycles. The Labute approximate surface area is 97.4 Å². The van der Waals surface area contributed by atoms with E-state index in [-0.39, 0.29) is 0 Å². The minimum Gasteiger partial charge on any atom is -0.383 e. The predicted octanol–water partition coefficient (Wildman–Crippen LogP) is 2.73. The number of aromatic nitrogens is 1. The van der Waals surface area contributed by atoms with Gasteiger partial charge in [0.2, 0.25) is 0 Å². The van der Waals surface area contributed by atoms with E-state index < -0.39 is 11.4 Å². The first kappa shape index (κ1) is 11.2. The molecule has 0 spiro atoms. The topological polar surface area (TPSA) is 33.1 Å². The summed E-state index contributed by atoms with van der Waals surface area (Å²) in [7, 11) is 0. The van der Waals surface area contributed by atoms with Crippen LogP contribution >= 0.6 is 11.3 Å². The van der Waals surface area contributed by atoms with Gasteiger partial charge in [0.15, 0.2) is 0 Å². The quantitative estimate of drug-likeness (QED) is 0.890. The molecule has 2 rings (SSSR count). The summed E-state index contributed by atoms with van der Waals surface area (Å²) >= 11 is 1.59. The fraction of sp³-hybridized carbons (Fsp3) is 0.250. The monoisotopic (exact) mass is 237 g/mol. The van der Waals surface area contributed by atoms with Crippen LogP contribution in [0, 0.1) is 5.82 Å². The lowest BCUT2D eigenvalue weighted by molar-refractivity contribution is 0.0530. The van der Waals surface area contributed by atoms with Crippen molar-refractivity contribution >= 4 is 11.3 Å². The maximum absolute atomic E-state index is 12.7. The molecule has 0 fully saturated rings. The third kappa shape index (κ3) is 2.46. The second-order valence-electron chi connectivity index (χ2n) is 3.94. The molecule has 84 valence electrons. The summed E-state index contributed by atoms with van der Waals surface area (Å²) in [5.74, 6) is -0.393. The summed E-state index contributed by atoms with van der Waals surface area (Å²) in [6.07, 6.45) is 1.60. The lowest BCUT2D eigenvalue weighted by atomic mass is 9.94. The van der Waals surface area contributed by atoms with Gasteiger partial charge in [0.1, 0.15) is 11.4 Å². The molecule has 0 bridgehead atoms. The van der Waals surface area contributed by atoms with Crippen LogP contribution in [0.3, 0.4) is 0 Å². The summed E-state index contributed by atoms with van der Waals surface area (Å²) in [6.45, 7) is 1.69. The summed E-state index contributed by atoms with van der Waals surface area (Å²) in [5, 5.41) is 14.2. The second-order valence-corrected chi connectivity index (χ2v) is 4.72. The van der Waals surface area contributed by atoms with Crippen molar-refractivity contribution in [1.29, 1.82) is 0 Å². The van der Waals surface area contributed by atoms with Crippen molar-refractivity contribution in [2.75, 3.05) is 0 Å². The molecular formula is C12H12FNOS. The Hall–Kier alpha value is -1.26. The van der Waals surface area contributed by atoms with Gasteiger partial charge >= 0.3 is 0 Å². The number of halogens is 1. The van der Waals surface area contributed by atoms with Crippen LogP contribution in [0.25, 0.3) is 0 Å². The number of hydrogen-bond donors (Lipinski definition) is 1. The van der Waals surface area contributed by atoms with Gasteiger partial charge in [0.05, 0.1) is 11.9 Å². The van der Waals surface area contributed by atoms with E-state index in [1.807, 2.05) is 16.8 Å². The van der Waals surface area contributed by atoms with Crippen LogP contribution in [0.2, 0.25) is 0 Å². The smallest absolute Gasteiger partial charge is 0.141 e. The van der Waals surface area contributed by atoms with Gasteiger partial charge in [-0.15, -0.1) is 0 Å². The molecular weight excluding hydrogens is 225 g/mol. The zero-order chi connectivity index (χ0) is 11.6. The van der Waals surface area contributed by atoms with Crippen LogP contribution < -0.4 is 0 Å². The molecule has 0 aromatic carbocycles. The van der Waals surface area contributed by atoms with Gasteiger partial charge in [-0.3, -0.25) is 4.98 Å². The zero-order valence-corrected chi connectivity index (χ0v) is 9.67. The van der Waals surface area contributed by atoms with Crippen molar-refractivity contribution in [1.82, 2.24) is 4.98 Å². The van der Waals surface area contributed by atoms with E-state index in [0.29, 0.717) is 12.1 Å². The Kier molecular flexibility index (Phi) is 3.03. The summed E-state index contributed by atoms with van der Waals surface area (Å²) in [5.41, 5.74) is 0.482. The van der Waals surface area contributed by atoms with E-state index >= 15 is 0 Å². The normalized spacial score (nSPS) is 14.7. The molecule has 0 aliphatic rings. The van der Waals surface area contributed by atoms with Gasteiger partial charge in [-0.05, 0) is 41.4 Å². The van der Waals surface area contributed by atoms with E-state index in [1.165, 1.54) is 12.1 Å². The molecule has 2 nitrogen and oxygen atoms in total. The van der Waals surface area contributed by atoms with E-state index in [0.717, 1.165) is 11.8 Å². The molecule has 2 heterocycles. The first-order chi connectivity index (χ1) is 7.58. The van der Waals surface area contributed by atoms with Crippen molar-refractivity contribution in [3.63, 3.8) is 0 Å². The largest absolute Gasteiger partial charge is 0.383 e. The summed E-state index contributed by atoms with van der Waals surface area (Å²) in [4.78, 5) is 3.91. The lowest BCUT2D eigenvalue weighted by Crippen LogP contribution is -2.25. The average molecular weight is 237 g/mol. The highest BCUT2D eigenvalue weighted by Crippen LogP contribution is 2.24. The maximum atomic E-state index is 12.7. The molecule has 0 amide bonds. The van der Waals surface area contributed by atoms with Crippen LogP contribution in [0.5, 0.6) is 0 Å². The number of thiophene rings is 1. The van der Waals surface area contributed by atoms with Crippen LogP contribution in [0.15, 0.2) is 35.2 Å². The molecule has 0 aliphatic carbocycles. The highest BCUT2D eigenvalue weighted by atomic mass is 32.1. The minimum absolute atomic E-state index is 0.393. The van der Waals surface area contributed by atoms with Crippen molar-refractivity contribution in [3.05, 3.63) is 52.2 Å². The number of nitrogens with zero attached hydrogens (tertiary/aromatic N) is 1. The fourth-order valence-corrected chi connectivity index (χ4v) is 2.24. The van der Waals surface area contributed by atoms with Crippen molar-refractivity contribution in [3.8, 4) is 0 Å². The van der Waals surface area contributed by atoms with Gasteiger partial charge in [-0.2, -0.15) is 11.3 Å². The van der Waals surface area contributed by atoms with E-state index in [4.69, 9.17) is 0 Å². The fourth-order valence-electron chi connectivity index (χ4n) is 1.58. The first-order valence-electron chi connectivity index (χ1n) is 4.93. The molecule has 16 heavy (non-hydrogen) atoms. The second kappa shape index (κ2) is 4.31. The number of pyridine rings is 1. The van der Waals surface area contributed by atoms with Gasteiger partial charge < -0.3 is 5.11 Å². The van der Waals surface area contributed by atoms with Crippen LogP contribution in [-0.2, 0) is 12.0 Å². The van der Waals surface area contributed by atoms with E-state index in [2.05, 4.69) is 4.98 Å². The molecule has 4 heteroatoms. The van der Waals surface area contributed by atoms with Crippen LogP contribution in [-0.4, -0.2) is 10.1 Å². The maximum Gasteiger partial charge on any atom is 0.141 e. The summed E-state index contributed by atoms with van der Waals surface area (Å²) in [6, 6.07) is 4.79. The standard InChI is InChI=1S/C12H12FNOS/c1-12(15,6-9-4-5-16-8-9)11-3-2-10(13)7-14-11/h2-5,7-8,15H,6H2,1H3. The Balaban J connectivity index is 2.21. The zero-order valence-electron chi connectivity index (χ0n) is 8.85. The van der Waals surface area contributed by atoms with Gasteiger partial charge in [-0.25, -0.2) is 4.39 Å². The Morgan fingerprint density at radius 2 is 2.25 bits per heavy atom. The highest BCUT2D eigenvalue weighted by molar-refractivity contribution is 7.07. The Morgan fingerprint density at radius 1 is 1.44 bits per heavy atom. The average Bonchev–Trinajstić information content (AvgIpc) is 2.70. The van der Waals surface area contributed by atoms with Gasteiger partial charge in [0, 0.05) is 6.42 Å². The predicted molar refractivity (Wildman–Crippen MR) is 61.8 cm³/mol. The molecule has 1 N–H and O–H groups in total.